The Morgan fingerprint density at radius 2 is 1.40 bits per heavy atom. The number of ether oxygens (including phenoxy) is 2. The zero-order valence-electron chi connectivity index (χ0n) is 14.2. The van der Waals surface area contributed by atoms with Crippen molar-refractivity contribution in [1.82, 2.24) is 0 Å². The first-order valence-electron chi connectivity index (χ1n) is 8.03. The van der Waals surface area contributed by atoms with Gasteiger partial charge in [0, 0.05) is 12.0 Å². The summed E-state index contributed by atoms with van der Waals surface area (Å²) in [6, 6.07) is 14.9. The van der Waals surface area contributed by atoms with Gasteiger partial charge in [0.05, 0.1) is 0 Å². The molecule has 4 heteroatoms. The maximum absolute atomic E-state index is 11.6. The van der Waals surface area contributed by atoms with E-state index in [0.29, 0.717) is 23.5 Å². The molecule has 3 rings (SSSR count). The van der Waals surface area contributed by atoms with Crippen molar-refractivity contribution in [3.8, 4) is 11.5 Å². The van der Waals surface area contributed by atoms with Crippen LogP contribution in [0.4, 0.5) is 0 Å². The maximum atomic E-state index is 11.6. The number of esters is 2. The van der Waals surface area contributed by atoms with Crippen LogP contribution in [0.25, 0.3) is 21.5 Å². The number of hydrogen-bond acceptors (Lipinski definition) is 4. The van der Waals surface area contributed by atoms with Crippen LogP contribution in [-0.2, 0) is 9.59 Å². The first-order valence-corrected chi connectivity index (χ1v) is 8.03. The summed E-state index contributed by atoms with van der Waals surface area (Å²) in [6.45, 7) is 6.95. The molecule has 0 fully saturated rings. The third kappa shape index (κ3) is 3.53. The quantitative estimate of drug-likeness (QED) is 0.298. The van der Waals surface area contributed by atoms with Crippen molar-refractivity contribution in [1.29, 1.82) is 0 Å². The van der Waals surface area contributed by atoms with E-state index in [9.17, 15) is 9.59 Å². The Morgan fingerprint density at radius 1 is 0.880 bits per heavy atom. The van der Waals surface area contributed by atoms with Crippen LogP contribution >= 0.6 is 0 Å². The van der Waals surface area contributed by atoms with Crippen molar-refractivity contribution in [3.63, 3.8) is 0 Å². The molecule has 25 heavy (non-hydrogen) atoms. The fourth-order valence-corrected chi connectivity index (χ4v) is 2.55. The summed E-state index contributed by atoms with van der Waals surface area (Å²) in [4.78, 5) is 23.1. The third-order valence-electron chi connectivity index (χ3n) is 3.86. The minimum absolute atomic E-state index is 0.260. The molecule has 0 saturated heterocycles. The van der Waals surface area contributed by atoms with E-state index in [1.807, 2.05) is 36.4 Å². The number of fused-ring (bicyclic) bond motifs is 3. The molecule has 0 aliphatic rings. The predicted molar refractivity (Wildman–Crippen MR) is 97.8 cm³/mol. The number of benzene rings is 3. The van der Waals surface area contributed by atoms with E-state index in [0.717, 1.165) is 21.5 Å². The molecule has 0 saturated carbocycles. The molecule has 4 nitrogen and oxygen atoms in total. The van der Waals surface area contributed by atoms with Gasteiger partial charge in [0.2, 0.25) is 0 Å². The largest absolute Gasteiger partial charge is 0.427 e. The molecule has 0 spiro atoms. The summed E-state index contributed by atoms with van der Waals surface area (Å²) < 4.78 is 10.5. The van der Waals surface area contributed by atoms with Gasteiger partial charge in [0.15, 0.2) is 0 Å². The summed E-state index contributed by atoms with van der Waals surface area (Å²) in [5, 5.41) is 3.99. The first kappa shape index (κ1) is 16.7. The third-order valence-corrected chi connectivity index (χ3v) is 3.86. The molecule has 0 aliphatic carbocycles. The van der Waals surface area contributed by atoms with Crippen molar-refractivity contribution < 1.29 is 19.1 Å². The van der Waals surface area contributed by atoms with E-state index in [4.69, 9.17) is 9.47 Å². The lowest BCUT2D eigenvalue weighted by atomic mass is 10.0. The summed E-state index contributed by atoms with van der Waals surface area (Å²) in [5.41, 5.74) is 0.354. The van der Waals surface area contributed by atoms with Crippen LogP contribution in [0.2, 0.25) is 0 Å². The van der Waals surface area contributed by atoms with Gasteiger partial charge in [0.25, 0.3) is 0 Å². The molecule has 0 atom stereocenters. The van der Waals surface area contributed by atoms with Crippen LogP contribution < -0.4 is 9.47 Å². The van der Waals surface area contributed by atoms with Crippen LogP contribution in [-0.4, -0.2) is 11.9 Å². The van der Waals surface area contributed by atoms with E-state index in [1.165, 1.54) is 0 Å². The second-order valence-corrected chi connectivity index (χ2v) is 5.83. The second-order valence-electron chi connectivity index (χ2n) is 5.83. The van der Waals surface area contributed by atoms with Gasteiger partial charge in [-0.1, -0.05) is 37.8 Å². The van der Waals surface area contributed by atoms with Gasteiger partial charge in [-0.25, -0.2) is 4.79 Å². The van der Waals surface area contributed by atoms with Gasteiger partial charge in [0.1, 0.15) is 11.5 Å². The lowest BCUT2D eigenvalue weighted by Gasteiger charge is -2.09. The van der Waals surface area contributed by atoms with Gasteiger partial charge in [-0.2, -0.15) is 0 Å². The summed E-state index contributed by atoms with van der Waals surface area (Å²) in [5.74, 6) is 0.311. The van der Waals surface area contributed by atoms with E-state index < -0.39 is 5.97 Å². The summed E-state index contributed by atoms with van der Waals surface area (Å²) in [6.07, 6.45) is 0.335. The molecular formula is C21H18O4. The molecule has 0 N–H and O–H groups in total. The Kier molecular flexibility index (Phi) is 4.52. The number of hydrogen-bond donors (Lipinski definition) is 0. The lowest BCUT2D eigenvalue weighted by molar-refractivity contribution is -0.134. The average Bonchev–Trinajstić information content (AvgIpc) is 2.61. The van der Waals surface area contributed by atoms with E-state index in [2.05, 4.69) is 6.58 Å². The van der Waals surface area contributed by atoms with Gasteiger partial charge >= 0.3 is 11.9 Å². The number of rotatable bonds is 4. The Morgan fingerprint density at radius 3 is 1.88 bits per heavy atom. The predicted octanol–water partition coefficient (Wildman–Crippen LogP) is 4.79. The highest BCUT2D eigenvalue weighted by atomic mass is 16.5. The van der Waals surface area contributed by atoms with Gasteiger partial charge < -0.3 is 9.47 Å². The average molecular weight is 334 g/mol. The molecule has 0 radical (unpaired) electrons. The van der Waals surface area contributed by atoms with Crippen LogP contribution in [0, 0.1) is 0 Å². The summed E-state index contributed by atoms with van der Waals surface area (Å²) >= 11 is 0. The minimum Gasteiger partial charge on any atom is -0.427 e. The number of carbonyl (C=O) groups excluding carboxylic acids is 2. The van der Waals surface area contributed by atoms with E-state index in [-0.39, 0.29) is 5.97 Å². The maximum Gasteiger partial charge on any atom is 0.338 e. The molecule has 3 aromatic carbocycles. The highest BCUT2D eigenvalue weighted by Gasteiger charge is 2.08. The van der Waals surface area contributed by atoms with E-state index in [1.54, 1.807) is 26.0 Å². The fraction of sp³-hybridized carbons (Fsp3) is 0.143. The SMILES string of the molecule is C=C(C)C(=O)Oc1ccc2c(ccc3cc(OC(=O)CC)ccc32)c1. The summed E-state index contributed by atoms with van der Waals surface area (Å²) in [7, 11) is 0. The molecule has 0 unspecified atom stereocenters. The molecule has 0 amide bonds. The zero-order chi connectivity index (χ0) is 18.0. The smallest absolute Gasteiger partial charge is 0.338 e. The molecular weight excluding hydrogens is 316 g/mol. The topological polar surface area (TPSA) is 52.6 Å². The molecule has 0 aliphatic heterocycles. The normalized spacial score (nSPS) is 10.6. The van der Waals surface area contributed by atoms with Crippen molar-refractivity contribution >= 4 is 33.5 Å². The molecule has 126 valence electrons. The highest BCUT2D eigenvalue weighted by Crippen LogP contribution is 2.31. The van der Waals surface area contributed by atoms with Crippen molar-refractivity contribution in [3.05, 3.63) is 60.7 Å². The van der Waals surface area contributed by atoms with E-state index >= 15 is 0 Å². The van der Waals surface area contributed by atoms with Crippen molar-refractivity contribution in [2.45, 2.75) is 20.3 Å². The van der Waals surface area contributed by atoms with Gasteiger partial charge in [-0.15, -0.1) is 0 Å². The van der Waals surface area contributed by atoms with Crippen LogP contribution in [0.5, 0.6) is 11.5 Å². The Hall–Kier alpha value is -3.14. The van der Waals surface area contributed by atoms with Crippen LogP contribution in [0.3, 0.4) is 0 Å². The lowest BCUT2D eigenvalue weighted by Crippen LogP contribution is -2.07. The van der Waals surface area contributed by atoms with Crippen molar-refractivity contribution in [2.24, 2.45) is 0 Å². The highest BCUT2D eigenvalue weighted by molar-refractivity contribution is 6.08. The molecule has 0 bridgehead atoms. The molecule has 0 aromatic heterocycles. The standard InChI is InChI=1S/C21H18O4/c1-4-20(22)24-16-7-9-18-14(11-16)5-6-15-12-17(8-10-19(15)18)25-21(23)13(2)3/h5-12H,2,4H2,1,3H3. The Labute approximate surface area is 145 Å². The Balaban J connectivity index is 1.99. The molecule has 0 heterocycles. The second kappa shape index (κ2) is 6.77. The van der Waals surface area contributed by atoms with Crippen LogP contribution in [0.1, 0.15) is 20.3 Å². The first-order chi connectivity index (χ1) is 12.0. The van der Waals surface area contributed by atoms with Gasteiger partial charge in [-0.05, 0) is 52.7 Å². The monoisotopic (exact) mass is 334 g/mol. The van der Waals surface area contributed by atoms with Gasteiger partial charge in [-0.3, -0.25) is 4.79 Å². The fourth-order valence-electron chi connectivity index (χ4n) is 2.55. The number of carbonyl (C=O) groups is 2. The Bertz CT molecular complexity index is 1000. The van der Waals surface area contributed by atoms with Crippen molar-refractivity contribution in [2.75, 3.05) is 0 Å². The zero-order valence-corrected chi connectivity index (χ0v) is 14.2. The minimum atomic E-state index is -0.442. The van der Waals surface area contributed by atoms with Crippen LogP contribution in [0.15, 0.2) is 60.7 Å². The molecule has 3 aromatic rings.